The number of guanidine groups is 1. The molecule has 0 aliphatic rings. The molecule has 0 aromatic rings. The molecule has 0 saturated carbocycles. The number of hydrogen-bond acceptors (Lipinski definition) is 0. The van der Waals surface area contributed by atoms with Crippen LogP contribution in [0, 0.1) is 0 Å². The van der Waals surface area contributed by atoms with Gasteiger partial charge in [0.05, 0.1) is 41.3 Å². The second-order valence-electron chi connectivity index (χ2n) is 6.20. The molecule has 0 aromatic heterocycles. The van der Waals surface area contributed by atoms with Crippen LogP contribution in [-0.4, -0.2) is 61.6 Å². The third-order valence-electron chi connectivity index (χ3n) is 3.65. The highest BCUT2D eigenvalue weighted by Gasteiger charge is 2.17. The molecule has 128 valence electrons. The first-order valence-corrected chi connectivity index (χ1v) is 8.51. The molecule has 0 bridgehead atoms. The lowest BCUT2D eigenvalue weighted by atomic mass is 10.2. The maximum absolute atomic E-state index is 2.57. The van der Waals surface area contributed by atoms with Gasteiger partial charge in [-0.2, -0.15) is 0 Å². The Hall–Kier alpha value is -0.250. The van der Waals surface area contributed by atoms with Crippen LogP contribution in [0.4, 0.5) is 0 Å². The van der Waals surface area contributed by atoms with E-state index < -0.39 is 0 Å². The van der Waals surface area contributed by atoms with Crippen molar-refractivity contribution in [2.45, 2.75) is 65.2 Å². The number of unbranched alkanes of at least 4 members (excludes halogenated alkanes) is 6. The molecule has 0 aromatic carbocycles. The van der Waals surface area contributed by atoms with Crippen LogP contribution in [0.2, 0.25) is 0 Å². The van der Waals surface area contributed by atoms with Crippen molar-refractivity contribution in [1.29, 1.82) is 0 Å². The Bertz CT molecular complexity index is 239. The third kappa shape index (κ3) is 11.0. The number of rotatable bonds is 10. The summed E-state index contributed by atoms with van der Waals surface area (Å²) < 4.78 is 2.57. The minimum absolute atomic E-state index is 0. The second kappa shape index (κ2) is 14.7. The third-order valence-corrected chi connectivity index (χ3v) is 3.65. The predicted octanol–water partition coefficient (Wildman–Crippen LogP) is 0.643. The second-order valence-corrected chi connectivity index (χ2v) is 6.20. The van der Waals surface area contributed by atoms with Crippen LogP contribution in [0.25, 0.3) is 0 Å². The maximum atomic E-state index is 2.57. The van der Waals surface area contributed by atoms with E-state index in [0.29, 0.717) is 0 Å². The molecule has 21 heavy (non-hydrogen) atoms. The molecule has 0 fully saturated rings. The van der Waals surface area contributed by atoms with Gasteiger partial charge in [0.25, 0.3) is 0 Å². The molecular formula is C17H38BrN3. The van der Waals surface area contributed by atoms with Crippen LogP contribution >= 0.6 is 0 Å². The van der Waals surface area contributed by atoms with Crippen molar-refractivity contribution >= 4 is 5.96 Å². The SMILES string of the molecule is CCCCCC[N+](CCCCCC)=C(N(C)C)N(C)C.[Br-]. The molecule has 0 amide bonds. The topological polar surface area (TPSA) is 9.49 Å². The van der Waals surface area contributed by atoms with Crippen LogP contribution in [0.3, 0.4) is 0 Å². The van der Waals surface area contributed by atoms with Crippen molar-refractivity contribution in [3.05, 3.63) is 0 Å². The van der Waals surface area contributed by atoms with Gasteiger partial charge in [-0.1, -0.05) is 52.4 Å². The van der Waals surface area contributed by atoms with Gasteiger partial charge >= 0.3 is 5.96 Å². The normalized spacial score (nSPS) is 10.0. The summed E-state index contributed by atoms with van der Waals surface area (Å²) in [7, 11) is 8.61. The average molecular weight is 364 g/mol. The Balaban J connectivity index is 0. The Morgan fingerprint density at radius 2 is 1.05 bits per heavy atom. The van der Waals surface area contributed by atoms with Gasteiger partial charge in [-0.15, -0.1) is 0 Å². The quantitative estimate of drug-likeness (QED) is 0.244. The summed E-state index contributed by atoms with van der Waals surface area (Å²) in [5, 5.41) is 0. The molecule has 0 aliphatic carbocycles. The molecule has 0 aliphatic heterocycles. The van der Waals surface area contributed by atoms with Crippen LogP contribution in [0.1, 0.15) is 65.2 Å². The Morgan fingerprint density at radius 1 is 0.667 bits per heavy atom. The zero-order valence-corrected chi connectivity index (χ0v) is 16.9. The lowest BCUT2D eigenvalue weighted by molar-refractivity contribution is -0.538. The average Bonchev–Trinajstić information content (AvgIpc) is 2.38. The van der Waals surface area contributed by atoms with Crippen LogP contribution in [0.5, 0.6) is 0 Å². The number of hydrogen-bond donors (Lipinski definition) is 0. The molecule has 3 nitrogen and oxygen atoms in total. The Kier molecular flexibility index (Phi) is 16.1. The van der Waals surface area contributed by atoms with Gasteiger partial charge in [0.2, 0.25) is 0 Å². The van der Waals surface area contributed by atoms with E-state index in [1.54, 1.807) is 0 Å². The first-order valence-electron chi connectivity index (χ1n) is 8.51. The van der Waals surface area contributed by atoms with Crippen molar-refractivity contribution in [2.75, 3.05) is 41.3 Å². The molecule has 0 spiro atoms. The highest BCUT2D eigenvalue weighted by Crippen LogP contribution is 2.04. The summed E-state index contributed by atoms with van der Waals surface area (Å²) in [5.41, 5.74) is 0. The first-order chi connectivity index (χ1) is 9.54. The zero-order valence-electron chi connectivity index (χ0n) is 15.3. The Morgan fingerprint density at radius 3 is 1.33 bits per heavy atom. The van der Waals surface area contributed by atoms with E-state index in [1.165, 1.54) is 70.4 Å². The minimum Gasteiger partial charge on any atom is -1.00 e. The van der Waals surface area contributed by atoms with Crippen LogP contribution in [-0.2, 0) is 0 Å². The van der Waals surface area contributed by atoms with Crippen molar-refractivity contribution in [1.82, 2.24) is 9.80 Å². The van der Waals surface area contributed by atoms with Crippen molar-refractivity contribution in [2.24, 2.45) is 0 Å². The Labute approximate surface area is 144 Å². The number of halogens is 1. The molecule has 0 heterocycles. The summed E-state index contributed by atoms with van der Waals surface area (Å²) in [4.78, 5) is 4.50. The largest absolute Gasteiger partial charge is 1.00 e. The molecule has 0 unspecified atom stereocenters. The molecule has 0 N–H and O–H groups in total. The zero-order chi connectivity index (χ0) is 15.4. The molecule has 0 saturated heterocycles. The van der Waals surface area contributed by atoms with E-state index >= 15 is 0 Å². The van der Waals surface area contributed by atoms with Gasteiger partial charge in [-0.05, 0) is 12.8 Å². The van der Waals surface area contributed by atoms with E-state index in [2.05, 4.69) is 56.4 Å². The highest BCUT2D eigenvalue weighted by molar-refractivity contribution is 5.74. The van der Waals surface area contributed by atoms with E-state index in [-0.39, 0.29) is 17.0 Å². The first kappa shape index (κ1) is 23.0. The number of nitrogens with zero attached hydrogens (tertiary/aromatic N) is 3. The lowest BCUT2D eigenvalue weighted by Gasteiger charge is -2.21. The van der Waals surface area contributed by atoms with E-state index in [1.807, 2.05) is 0 Å². The van der Waals surface area contributed by atoms with Gasteiger partial charge in [-0.3, -0.25) is 14.4 Å². The van der Waals surface area contributed by atoms with Gasteiger partial charge in [0.15, 0.2) is 0 Å². The van der Waals surface area contributed by atoms with Crippen LogP contribution in [0.15, 0.2) is 0 Å². The van der Waals surface area contributed by atoms with Gasteiger partial charge < -0.3 is 17.0 Å². The summed E-state index contributed by atoms with van der Waals surface area (Å²) in [6.45, 7) is 6.94. The lowest BCUT2D eigenvalue weighted by Crippen LogP contribution is -3.00. The van der Waals surface area contributed by atoms with Gasteiger partial charge in [0, 0.05) is 0 Å². The minimum atomic E-state index is 0. The van der Waals surface area contributed by atoms with Crippen molar-refractivity contribution in [3.63, 3.8) is 0 Å². The fourth-order valence-corrected chi connectivity index (χ4v) is 2.74. The monoisotopic (exact) mass is 363 g/mol. The highest BCUT2D eigenvalue weighted by atomic mass is 79.9. The van der Waals surface area contributed by atoms with E-state index in [0.717, 1.165) is 0 Å². The molecule has 0 radical (unpaired) electrons. The summed E-state index contributed by atoms with van der Waals surface area (Å²) >= 11 is 0. The fourth-order valence-electron chi connectivity index (χ4n) is 2.74. The molecule has 4 heteroatoms. The van der Waals surface area contributed by atoms with Crippen molar-refractivity contribution in [3.8, 4) is 0 Å². The predicted molar refractivity (Wildman–Crippen MR) is 90.7 cm³/mol. The summed E-state index contributed by atoms with van der Waals surface area (Å²) in [5.74, 6) is 1.35. The summed E-state index contributed by atoms with van der Waals surface area (Å²) in [6.07, 6.45) is 10.7. The smallest absolute Gasteiger partial charge is 0.349 e. The standard InChI is InChI=1S/C17H38N3.BrH/c1-7-9-11-13-15-20(16-14-12-10-8-2)17(18(3)4)19(5)6;/h7-16H2,1-6H3;1H/q+1;/p-1. The molecule has 0 atom stereocenters. The maximum Gasteiger partial charge on any atom is 0.349 e. The van der Waals surface area contributed by atoms with Gasteiger partial charge in [0.1, 0.15) is 0 Å². The molecular weight excluding hydrogens is 326 g/mol. The molecule has 0 rings (SSSR count). The van der Waals surface area contributed by atoms with E-state index in [9.17, 15) is 0 Å². The fraction of sp³-hybridized carbons (Fsp3) is 0.941. The van der Waals surface area contributed by atoms with Crippen molar-refractivity contribution < 1.29 is 21.6 Å². The van der Waals surface area contributed by atoms with Crippen LogP contribution < -0.4 is 17.0 Å². The van der Waals surface area contributed by atoms with E-state index in [4.69, 9.17) is 0 Å². The summed E-state index contributed by atoms with van der Waals surface area (Å²) in [6, 6.07) is 0. The van der Waals surface area contributed by atoms with Gasteiger partial charge in [-0.25, -0.2) is 0 Å².